The van der Waals surface area contributed by atoms with Gasteiger partial charge in [0.15, 0.2) is 0 Å². The molecule has 1 saturated heterocycles. The number of nitrogens with zero attached hydrogens (tertiary/aromatic N) is 1. The van der Waals surface area contributed by atoms with Crippen LogP contribution in [0.1, 0.15) is 51.5 Å². The third kappa shape index (κ3) is 7.04. The summed E-state index contributed by atoms with van der Waals surface area (Å²) >= 11 is 0. The van der Waals surface area contributed by atoms with E-state index in [0.29, 0.717) is 0 Å². The van der Waals surface area contributed by atoms with Crippen LogP contribution in [-0.4, -0.2) is 42.9 Å². The Morgan fingerprint density at radius 1 is 1.16 bits per heavy atom. The number of para-hydroxylation sites is 1. The Labute approximate surface area is 151 Å². The van der Waals surface area contributed by atoms with E-state index in [4.69, 9.17) is 9.84 Å². The zero-order valence-corrected chi connectivity index (χ0v) is 15.5. The van der Waals surface area contributed by atoms with Crippen LogP contribution in [0.3, 0.4) is 0 Å². The fourth-order valence-corrected chi connectivity index (χ4v) is 3.45. The van der Waals surface area contributed by atoms with Gasteiger partial charge in [0.05, 0.1) is 12.2 Å². The summed E-state index contributed by atoms with van der Waals surface area (Å²) in [6.07, 6.45) is 4.76. The lowest BCUT2D eigenvalue weighted by molar-refractivity contribution is -0.137. The summed E-state index contributed by atoms with van der Waals surface area (Å²) in [6.45, 7) is 7.97. The topological polar surface area (TPSA) is 61.8 Å². The predicted octanol–water partition coefficient (Wildman–Crippen LogP) is 3.42. The molecule has 140 valence electrons. The van der Waals surface area contributed by atoms with Crippen molar-refractivity contribution in [2.75, 3.05) is 24.5 Å². The summed E-state index contributed by atoms with van der Waals surface area (Å²) in [6, 6.07) is 8.60. The summed E-state index contributed by atoms with van der Waals surface area (Å²) in [4.78, 5) is 12.9. The lowest BCUT2D eigenvalue weighted by Crippen LogP contribution is -2.46. The van der Waals surface area contributed by atoms with Crippen LogP contribution in [-0.2, 0) is 16.1 Å². The third-order valence-electron chi connectivity index (χ3n) is 4.56. The largest absolute Gasteiger partial charge is 0.481 e. The normalized spacial score (nSPS) is 20.6. The first-order valence-electron chi connectivity index (χ1n) is 9.47. The number of carboxylic acid groups (broad SMARTS) is 1. The van der Waals surface area contributed by atoms with Crippen molar-refractivity contribution in [3.8, 4) is 0 Å². The molecule has 25 heavy (non-hydrogen) atoms. The molecule has 2 unspecified atom stereocenters. The molecule has 5 heteroatoms. The Morgan fingerprint density at radius 2 is 1.84 bits per heavy atom. The molecule has 5 nitrogen and oxygen atoms in total. The number of unbranched alkanes of at least 4 members (excludes halogenated alkanes) is 3. The number of rotatable bonds is 10. The standard InChI is InChI=1S/C20H32N2O3/c1-16-14-22(15-17(2)25-16)19-10-7-6-9-18(19)13-21-12-8-4-3-5-11-20(23)24/h6-7,9-10,16-17,21H,3-5,8,11-15H2,1-2H3,(H,23,24). The highest BCUT2D eigenvalue weighted by atomic mass is 16.5. The van der Waals surface area contributed by atoms with Gasteiger partial charge in [-0.3, -0.25) is 4.79 Å². The van der Waals surface area contributed by atoms with Gasteiger partial charge in [0.2, 0.25) is 0 Å². The van der Waals surface area contributed by atoms with Gasteiger partial charge >= 0.3 is 5.97 Å². The molecular formula is C20H32N2O3. The maximum atomic E-state index is 10.5. The summed E-state index contributed by atoms with van der Waals surface area (Å²) in [7, 11) is 0. The lowest BCUT2D eigenvalue weighted by atomic mass is 10.1. The van der Waals surface area contributed by atoms with Crippen LogP contribution in [0.4, 0.5) is 5.69 Å². The van der Waals surface area contributed by atoms with Gasteiger partial charge < -0.3 is 20.1 Å². The SMILES string of the molecule is CC1CN(c2ccccc2CNCCCCCCC(=O)O)CC(C)O1. The minimum Gasteiger partial charge on any atom is -0.481 e. The number of carbonyl (C=O) groups is 1. The second kappa shape index (κ2) is 10.4. The molecule has 1 fully saturated rings. The highest BCUT2D eigenvalue weighted by Gasteiger charge is 2.23. The molecule has 0 spiro atoms. The molecule has 2 atom stereocenters. The number of morpholine rings is 1. The molecule has 0 aliphatic carbocycles. The molecule has 0 bridgehead atoms. The Balaban J connectivity index is 1.74. The fraction of sp³-hybridized carbons (Fsp3) is 0.650. The maximum Gasteiger partial charge on any atom is 0.303 e. The fourth-order valence-electron chi connectivity index (χ4n) is 3.45. The minimum absolute atomic E-state index is 0.260. The van der Waals surface area contributed by atoms with Gasteiger partial charge in [-0.2, -0.15) is 0 Å². The molecule has 2 rings (SSSR count). The van der Waals surface area contributed by atoms with Crippen LogP contribution in [0.25, 0.3) is 0 Å². The zero-order chi connectivity index (χ0) is 18.1. The first kappa shape index (κ1) is 19.7. The van der Waals surface area contributed by atoms with E-state index in [2.05, 4.69) is 48.3 Å². The number of carboxylic acids is 1. The van der Waals surface area contributed by atoms with E-state index in [1.165, 1.54) is 11.3 Å². The molecule has 0 amide bonds. The van der Waals surface area contributed by atoms with Gasteiger partial charge in [-0.1, -0.05) is 31.0 Å². The van der Waals surface area contributed by atoms with Crippen LogP contribution in [0.2, 0.25) is 0 Å². The van der Waals surface area contributed by atoms with Crippen LogP contribution in [0.5, 0.6) is 0 Å². The van der Waals surface area contributed by atoms with Crippen LogP contribution < -0.4 is 10.2 Å². The van der Waals surface area contributed by atoms with E-state index in [9.17, 15) is 4.79 Å². The Hall–Kier alpha value is -1.59. The number of anilines is 1. The second-order valence-electron chi connectivity index (χ2n) is 7.03. The Morgan fingerprint density at radius 3 is 2.56 bits per heavy atom. The van der Waals surface area contributed by atoms with E-state index >= 15 is 0 Å². The van der Waals surface area contributed by atoms with Gasteiger partial charge in [-0.15, -0.1) is 0 Å². The first-order chi connectivity index (χ1) is 12.1. The number of hydrogen-bond donors (Lipinski definition) is 2. The maximum absolute atomic E-state index is 10.5. The van der Waals surface area contributed by atoms with Crippen LogP contribution in [0, 0.1) is 0 Å². The number of hydrogen-bond acceptors (Lipinski definition) is 4. The van der Waals surface area contributed by atoms with Crippen molar-refractivity contribution in [1.82, 2.24) is 5.32 Å². The predicted molar refractivity (Wildman–Crippen MR) is 101 cm³/mol. The monoisotopic (exact) mass is 348 g/mol. The number of aliphatic carboxylic acids is 1. The van der Waals surface area contributed by atoms with Crippen molar-refractivity contribution in [2.45, 2.75) is 64.7 Å². The average Bonchev–Trinajstić information content (AvgIpc) is 2.56. The van der Waals surface area contributed by atoms with E-state index in [1.54, 1.807) is 0 Å². The number of ether oxygens (including phenoxy) is 1. The molecule has 1 aliphatic heterocycles. The molecule has 1 aliphatic rings. The molecule has 2 N–H and O–H groups in total. The summed E-state index contributed by atoms with van der Waals surface area (Å²) < 4.78 is 5.84. The van der Waals surface area contributed by atoms with Crippen molar-refractivity contribution in [3.63, 3.8) is 0 Å². The molecule has 1 heterocycles. The van der Waals surface area contributed by atoms with Crippen molar-refractivity contribution in [1.29, 1.82) is 0 Å². The summed E-state index contributed by atoms with van der Waals surface area (Å²) in [5, 5.41) is 12.2. The van der Waals surface area contributed by atoms with Crippen LogP contribution >= 0.6 is 0 Å². The zero-order valence-electron chi connectivity index (χ0n) is 15.5. The summed E-state index contributed by atoms with van der Waals surface area (Å²) in [5.41, 5.74) is 2.63. The Bertz CT molecular complexity index is 525. The van der Waals surface area contributed by atoms with Gasteiger partial charge in [-0.05, 0) is 44.9 Å². The highest BCUT2D eigenvalue weighted by molar-refractivity contribution is 5.66. The van der Waals surface area contributed by atoms with Crippen molar-refractivity contribution in [2.24, 2.45) is 0 Å². The smallest absolute Gasteiger partial charge is 0.303 e. The minimum atomic E-state index is -0.693. The number of benzene rings is 1. The van der Waals surface area contributed by atoms with Gasteiger partial charge in [0.25, 0.3) is 0 Å². The molecular weight excluding hydrogens is 316 g/mol. The third-order valence-corrected chi connectivity index (χ3v) is 4.56. The lowest BCUT2D eigenvalue weighted by Gasteiger charge is -2.37. The van der Waals surface area contributed by atoms with Gasteiger partial charge in [-0.25, -0.2) is 0 Å². The summed E-state index contributed by atoms with van der Waals surface area (Å²) in [5.74, 6) is -0.693. The molecule has 0 radical (unpaired) electrons. The van der Waals surface area contributed by atoms with E-state index in [-0.39, 0.29) is 18.6 Å². The van der Waals surface area contributed by atoms with Crippen LogP contribution in [0.15, 0.2) is 24.3 Å². The van der Waals surface area contributed by atoms with Gasteiger partial charge in [0, 0.05) is 31.7 Å². The average molecular weight is 348 g/mol. The van der Waals surface area contributed by atoms with Gasteiger partial charge in [0.1, 0.15) is 0 Å². The molecule has 0 aromatic heterocycles. The first-order valence-corrected chi connectivity index (χ1v) is 9.47. The van der Waals surface area contributed by atoms with E-state index < -0.39 is 5.97 Å². The molecule has 1 aromatic carbocycles. The highest BCUT2D eigenvalue weighted by Crippen LogP contribution is 2.24. The molecule has 0 saturated carbocycles. The second-order valence-corrected chi connectivity index (χ2v) is 7.03. The number of nitrogens with one attached hydrogen (secondary N) is 1. The Kier molecular flexibility index (Phi) is 8.22. The quantitative estimate of drug-likeness (QED) is 0.634. The van der Waals surface area contributed by atoms with E-state index in [0.717, 1.165) is 51.9 Å². The van der Waals surface area contributed by atoms with Crippen molar-refractivity contribution in [3.05, 3.63) is 29.8 Å². The van der Waals surface area contributed by atoms with Crippen molar-refractivity contribution < 1.29 is 14.6 Å². The molecule has 1 aromatic rings. The van der Waals surface area contributed by atoms with Crippen molar-refractivity contribution >= 4 is 11.7 Å². The van der Waals surface area contributed by atoms with E-state index in [1.807, 2.05) is 0 Å².